The average molecular weight is 186 g/mol. The fourth-order valence-electron chi connectivity index (χ4n) is 1.00. The van der Waals surface area contributed by atoms with Crippen LogP contribution in [0, 0.1) is 18.2 Å². The molecule has 0 amide bonds. The van der Waals surface area contributed by atoms with Crippen molar-refractivity contribution in [3.05, 3.63) is 34.1 Å². The van der Waals surface area contributed by atoms with Gasteiger partial charge >= 0.3 is 0 Å². The lowest BCUT2D eigenvalue weighted by Gasteiger charge is -2.05. The van der Waals surface area contributed by atoms with Crippen molar-refractivity contribution in [1.82, 2.24) is 0 Å². The van der Waals surface area contributed by atoms with Crippen molar-refractivity contribution >= 4 is 17.3 Å². The Morgan fingerprint density at radius 2 is 2.08 bits per heavy atom. The van der Waals surface area contributed by atoms with Crippen molar-refractivity contribution in [1.29, 1.82) is 5.41 Å². The fraction of sp³-hybridized carbons (Fsp3) is 0.222. The topological polar surface area (TPSA) is 23.9 Å². The standard InChI is InChI=1S/C9H9ClFN/c1-5-3-4-7(11)8(6(2)12)9(5)10/h3-4,12H,1-2H3. The molecule has 0 aromatic heterocycles. The minimum atomic E-state index is -0.432. The quantitative estimate of drug-likeness (QED) is 0.650. The Balaban J connectivity index is 3.43. The van der Waals surface area contributed by atoms with Gasteiger partial charge in [0, 0.05) is 11.3 Å². The van der Waals surface area contributed by atoms with Gasteiger partial charge in [-0.3, -0.25) is 0 Å². The van der Waals surface area contributed by atoms with E-state index in [1.807, 2.05) is 0 Å². The van der Waals surface area contributed by atoms with Gasteiger partial charge in [0.05, 0.1) is 5.02 Å². The highest BCUT2D eigenvalue weighted by molar-refractivity contribution is 6.34. The molecule has 12 heavy (non-hydrogen) atoms. The van der Waals surface area contributed by atoms with Crippen LogP contribution < -0.4 is 0 Å². The van der Waals surface area contributed by atoms with Gasteiger partial charge in [-0.1, -0.05) is 17.7 Å². The van der Waals surface area contributed by atoms with Crippen molar-refractivity contribution in [2.24, 2.45) is 0 Å². The summed E-state index contributed by atoms with van der Waals surface area (Å²) in [6.07, 6.45) is 0. The summed E-state index contributed by atoms with van der Waals surface area (Å²) in [7, 11) is 0. The average Bonchev–Trinajstić information content (AvgIpc) is 1.97. The molecule has 0 radical (unpaired) electrons. The molecule has 64 valence electrons. The second-order valence-corrected chi connectivity index (χ2v) is 3.06. The molecular formula is C9H9ClFN. The minimum Gasteiger partial charge on any atom is -0.305 e. The summed E-state index contributed by atoms with van der Waals surface area (Å²) in [5.74, 6) is -0.432. The molecule has 1 nitrogen and oxygen atoms in total. The molecule has 0 saturated carbocycles. The summed E-state index contributed by atoms with van der Waals surface area (Å²) >= 11 is 5.81. The van der Waals surface area contributed by atoms with Crippen molar-refractivity contribution < 1.29 is 4.39 Å². The van der Waals surface area contributed by atoms with E-state index >= 15 is 0 Å². The molecule has 0 saturated heterocycles. The molecule has 1 rings (SSSR count). The summed E-state index contributed by atoms with van der Waals surface area (Å²) in [6.45, 7) is 3.30. The van der Waals surface area contributed by atoms with E-state index in [0.29, 0.717) is 5.02 Å². The van der Waals surface area contributed by atoms with Crippen LogP contribution in [0.3, 0.4) is 0 Å². The molecule has 0 aliphatic rings. The van der Waals surface area contributed by atoms with E-state index in [-0.39, 0.29) is 11.3 Å². The second-order valence-electron chi connectivity index (χ2n) is 2.68. The van der Waals surface area contributed by atoms with Gasteiger partial charge in [-0.2, -0.15) is 0 Å². The highest BCUT2D eigenvalue weighted by atomic mass is 35.5. The second kappa shape index (κ2) is 3.23. The molecule has 1 N–H and O–H groups in total. The molecule has 1 aromatic rings. The number of aryl methyl sites for hydroxylation is 1. The van der Waals surface area contributed by atoms with E-state index in [4.69, 9.17) is 17.0 Å². The maximum atomic E-state index is 13.1. The van der Waals surface area contributed by atoms with Gasteiger partial charge in [0.25, 0.3) is 0 Å². The summed E-state index contributed by atoms with van der Waals surface area (Å²) in [6, 6.07) is 2.93. The monoisotopic (exact) mass is 185 g/mol. The summed E-state index contributed by atoms with van der Waals surface area (Å²) < 4.78 is 13.1. The van der Waals surface area contributed by atoms with E-state index in [2.05, 4.69) is 0 Å². The van der Waals surface area contributed by atoms with Crippen LogP contribution in [0.4, 0.5) is 4.39 Å². The molecule has 0 fully saturated rings. The number of benzene rings is 1. The number of rotatable bonds is 1. The number of halogens is 2. The first-order valence-corrected chi connectivity index (χ1v) is 3.92. The third kappa shape index (κ3) is 1.48. The molecule has 0 aliphatic carbocycles. The predicted molar refractivity (Wildman–Crippen MR) is 48.6 cm³/mol. The van der Waals surface area contributed by atoms with Gasteiger partial charge in [0.2, 0.25) is 0 Å². The van der Waals surface area contributed by atoms with Gasteiger partial charge < -0.3 is 5.41 Å². The zero-order valence-electron chi connectivity index (χ0n) is 6.91. The Morgan fingerprint density at radius 3 is 2.50 bits per heavy atom. The zero-order chi connectivity index (χ0) is 9.30. The largest absolute Gasteiger partial charge is 0.305 e. The van der Waals surface area contributed by atoms with Gasteiger partial charge in [-0.25, -0.2) is 4.39 Å². The van der Waals surface area contributed by atoms with Gasteiger partial charge in [0.1, 0.15) is 5.82 Å². The number of nitrogens with one attached hydrogen (secondary N) is 1. The molecule has 3 heteroatoms. The Kier molecular flexibility index (Phi) is 2.48. The Hall–Kier alpha value is -0.890. The lowest BCUT2D eigenvalue weighted by molar-refractivity contribution is 0.624. The van der Waals surface area contributed by atoms with E-state index in [9.17, 15) is 4.39 Å². The molecule has 0 unspecified atom stereocenters. The Labute approximate surface area is 75.7 Å². The molecule has 0 bridgehead atoms. The Bertz CT molecular complexity index is 334. The molecule has 1 aromatic carbocycles. The normalized spacial score (nSPS) is 10.0. The van der Waals surface area contributed by atoms with Gasteiger partial charge in [-0.15, -0.1) is 0 Å². The third-order valence-corrected chi connectivity index (χ3v) is 2.15. The third-order valence-electron chi connectivity index (χ3n) is 1.66. The Morgan fingerprint density at radius 1 is 1.50 bits per heavy atom. The van der Waals surface area contributed by atoms with E-state index in [1.165, 1.54) is 13.0 Å². The van der Waals surface area contributed by atoms with Crippen molar-refractivity contribution in [2.75, 3.05) is 0 Å². The van der Waals surface area contributed by atoms with Crippen LogP contribution in [-0.2, 0) is 0 Å². The lowest BCUT2D eigenvalue weighted by Crippen LogP contribution is -1.99. The fourth-order valence-corrected chi connectivity index (χ4v) is 1.30. The molecular weight excluding hydrogens is 177 g/mol. The number of hydrogen-bond acceptors (Lipinski definition) is 1. The maximum absolute atomic E-state index is 13.1. The SMILES string of the molecule is CC(=N)c1c(F)ccc(C)c1Cl. The highest BCUT2D eigenvalue weighted by Crippen LogP contribution is 2.23. The van der Waals surface area contributed by atoms with Crippen LogP contribution in [0.1, 0.15) is 18.1 Å². The van der Waals surface area contributed by atoms with Crippen LogP contribution in [0.5, 0.6) is 0 Å². The van der Waals surface area contributed by atoms with Crippen molar-refractivity contribution in [3.8, 4) is 0 Å². The van der Waals surface area contributed by atoms with Crippen LogP contribution >= 0.6 is 11.6 Å². The summed E-state index contributed by atoms with van der Waals surface area (Å²) in [4.78, 5) is 0. The first-order valence-electron chi connectivity index (χ1n) is 3.54. The van der Waals surface area contributed by atoms with Crippen LogP contribution in [0.15, 0.2) is 12.1 Å². The highest BCUT2D eigenvalue weighted by Gasteiger charge is 2.10. The van der Waals surface area contributed by atoms with E-state index < -0.39 is 5.82 Å². The molecule has 0 heterocycles. The van der Waals surface area contributed by atoms with Crippen molar-refractivity contribution in [2.45, 2.75) is 13.8 Å². The number of hydrogen-bond donors (Lipinski definition) is 1. The van der Waals surface area contributed by atoms with Crippen LogP contribution in [0.2, 0.25) is 5.02 Å². The first kappa shape index (κ1) is 9.20. The first-order chi connectivity index (χ1) is 5.54. The summed E-state index contributed by atoms with van der Waals surface area (Å²) in [5.41, 5.74) is 1.15. The smallest absolute Gasteiger partial charge is 0.133 e. The maximum Gasteiger partial charge on any atom is 0.133 e. The predicted octanol–water partition coefficient (Wildman–Crippen LogP) is 3.18. The van der Waals surface area contributed by atoms with Crippen molar-refractivity contribution in [3.63, 3.8) is 0 Å². The molecule has 0 aliphatic heterocycles. The van der Waals surface area contributed by atoms with Gasteiger partial charge in [-0.05, 0) is 25.5 Å². The lowest BCUT2D eigenvalue weighted by atomic mass is 10.1. The zero-order valence-corrected chi connectivity index (χ0v) is 7.67. The van der Waals surface area contributed by atoms with Crippen LogP contribution in [-0.4, -0.2) is 5.71 Å². The molecule has 0 spiro atoms. The van der Waals surface area contributed by atoms with Gasteiger partial charge in [0.15, 0.2) is 0 Å². The van der Waals surface area contributed by atoms with Crippen LogP contribution in [0.25, 0.3) is 0 Å². The van der Waals surface area contributed by atoms with E-state index in [1.54, 1.807) is 13.0 Å². The molecule has 0 atom stereocenters. The minimum absolute atomic E-state index is 0.154. The van der Waals surface area contributed by atoms with E-state index in [0.717, 1.165) is 5.56 Å². The summed E-state index contributed by atoms with van der Waals surface area (Å²) in [5, 5.41) is 7.62.